The zero-order valence-corrected chi connectivity index (χ0v) is 24.8. The zero-order valence-electron chi connectivity index (χ0n) is 23.2. The van der Waals surface area contributed by atoms with Crippen LogP contribution in [-0.2, 0) is 14.1 Å². The second-order valence-corrected chi connectivity index (χ2v) is 12.5. The smallest absolute Gasteiger partial charge is 0.0894 e. The van der Waals surface area contributed by atoms with Gasteiger partial charge in [0, 0.05) is 56.4 Å². The van der Waals surface area contributed by atoms with Crippen LogP contribution >= 0.6 is 22.7 Å². The number of nitrogens with zero attached hydrogens (tertiary/aromatic N) is 4. The molecular weight excluding hydrogens is 553 g/mol. The number of hydrogen-bond acceptors (Lipinski definition) is 4. The molecule has 42 heavy (non-hydrogen) atoms. The van der Waals surface area contributed by atoms with Crippen LogP contribution < -0.4 is 0 Å². The second kappa shape index (κ2) is 9.94. The van der Waals surface area contributed by atoms with E-state index in [1.807, 2.05) is 12.4 Å². The van der Waals surface area contributed by atoms with Crippen molar-refractivity contribution in [3.05, 3.63) is 117 Å². The number of thiophene rings is 2. The molecule has 0 N–H and O–H groups in total. The Morgan fingerprint density at radius 2 is 0.976 bits per heavy atom. The maximum atomic E-state index is 4.88. The van der Waals surface area contributed by atoms with Crippen LogP contribution in [0, 0.1) is 0 Å². The number of hydrogen-bond donors (Lipinski definition) is 0. The quantitative estimate of drug-likeness (QED) is 0.204. The summed E-state index contributed by atoms with van der Waals surface area (Å²) in [5.41, 5.74) is 8.73. The summed E-state index contributed by atoms with van der Waals surface area (Å²) < 4.78 is 4.45. The predicted octanol–water partition coefficient (Wildman–Crippen LogP) is 9.90. The van der Waals surface area contributed by atoms with Crippen molar-refractivity contribution in [2.75, 3.05) is 0 Å². The molecule has 0 spiro atoms. The summed E-state index contributed by atoms with van der Waals surface area (Å²) >= 11 is 3.49. The highest BCUT2D eigenvalue weighted by atomic mass is 32.1. The lowest BCUT2D eigenvalue weighted by Crippen LogP contribution is -1.91. The highest BCUT2D eigenvalue weighted by Crippen LogP contribution is 2.34. The first-order chi connectivity index (χ1) is 20.6. The summed E-state index contributed by atoms with van der Waals surface area (Å²) in [4.78, 5) is 12.3. The van der Waals surface area contributed by atoms with Crippen LogP contribution in [0.2, 0.25) is 0 Å². The molecule has 0 amide bonds. The Bertz CT molecular complexity index is 2150. The topological polar surface area (TPSA) is 35.6 Å². The monoisotopic (exact) mass is 578 g/mol. The molecule has 6 heterocycles. The van der Waals surface area contributed by atoms with E-state index in [0.717, 1.165) is 22.4 Å². The van der Waals surface area contributed by atoms with Crippen LogP contribution in [0.25, 0.3) is 79.3 Å². The van der Waals surface area contributed by atoms with Gasteiger partial charge in [-0.05, 0) is 82.6 Å². The summed E-state index contributed by atoms with van der Waals surface area (Å²) in [6.45, 7) is 0. The lowest BCUT2D eigenvalue weighted by Gasteiger charge is -2.03. The average molecular weight is 579 g/mol. The summed E-state index contributed by atoms with van der Waals surface area (Å²) in [5, 5.41) is 9.02. The van der Waals surface area contributed by atoms with E-state index >= 15 is 0 Å². The van der Waals surface area contributed by atoms with Crippen LogP contribution in [0.3, 0.4) is 0 Å². The first-order valence-electron chi connectivity index (χ1n) is 13.8. The summed E-state index contributed by atoms with van der Waals surface area (Å²) in [6.07, 6.45) is 12.7. The molecular formula is C36H26N4S2. The van der Waals surface area contributed by atoms with E-state index in [0.29, 0.717) is 0 Å². The fourth-order valence-corrected chi connectivity index (χ4v) is 7.10. The van der Waals surface area contributed by atoms with Crippen molar-refractivity contribution in [1.29, 1.82) is 0 Å². The van der Waals surface area contributed by atoms with Gasteiger partial charge in [0.15, 0.2) is 0 Å². The molecule has 0 aliphatic rings. The maximum absolute atomic E-state index is 4.88. The van der Waals surface area contributed by atoms with Crippen LogP contribution in [0.1, 0.15) is 20.9 Å². The number of aryl methyl sites for hydroxylation is 2. The Balaban J connectivity index is 1.23. The van der Waals surface area contributed by atoms with Crippen molar-refractivity contribution in [1.82, 2.24) is 19.1 Å². The number of aromatic nitrogens is 4. The maximum Gasteiger partial charge on any atom is 0.0894 e. The van der Waals surface area contributed by atoms with E-state index in [9.17, 15) is 0 Å². The Morgan fingerprint density at radius 3 is 1.40 bits per heavy atom. The number of benzene rings is 2. The molecule has 0 atom stereocenters. The number of pyridine rings is 2. The molecule has 6 aromatic heterocycles. The molecule has 0 aliphatic heterocycles. The lowest BCUT2D eigenvalue weighted by atomic mass is 10.1. The SMILES string of the molecule is Cn1c2ccc(/C=C/c3cccs3)cc2c2cc(-c3cc4c5cc(/C=C/c6cccs6)ccc5n(C)c4cn3)ncc21. The largest absolute Gasteiger partial charge is 0.342 e. The minimum Gasteiger partial charge on any atom is -0.342 e. The number of fused-ring (bicyclic) bond motifs is 6. The Kier molecular flexibility index (Phi) is 5.91. The van der Waals surface area contributed by atoms with Crippen LogP contribution in [-0.4, -0.2) is 19.1 Å². The Morgan fingerprint density at radius 1 is 0.524 bits per heavy atom. The summed E-state index contributed by atoms with van der Waals surface area (Å²) in [6, 6.07) is 26.1. The van der Waals surface area contributed by atoms with Crippen molar-refractivity contribution in [3.63, 3.8) is 0 Å². The molecule has 0 bridgehead atoms. The van der Waals surface area contributed by atoms with Crippen molar-refractivity contribution < 1.29 is 0 Å². The summed E-state index contributed by atoms with van der Waals surface area (Å²) in [7, 11) is 4.22. The third-order valence-corrected chi connectivity index (χ3v) is 9.74. The van der Waals surface area contributed by atoms with E-state index in [4.69, 9.17) is 9.97 Å². The molecule has 0 saturated heterocycles. The van der Waals surface area contributed by atoms with Gasteiger partial charge in [-0.3, -0.25) is 9.97 Å². The molecule has 8 aromatic rings. The van der Waals surface area contributed by atoms with Crippen molar-refractivity contribution in [2.24, 2.45) is 14.1 Å². The average Bonchev–Trinajstić information content (AvgIpc) is 3.84. The Labute approximate surface area is 251 Å². The first kappa shape index (κ1) is 25.0. The third kappa shape index (κ3) is 4.19. The molecule has 6 heteroatoms. The molecule has 0 radical (unpaired) electrons. The van der Waals surface area contributed by atoms with Crippen LogP contribution in [0.15, 0.2) is 96.0 Å². The molecule has 0 saturated carbocycles. The van der Waals surface area contributed by atoms with E-state index < -0.39 is 0 Å². The van der Waals surface area contributed by atoms with Gasteiger partial charge in [-0.2, -0.15) is 0 Å². The minimum absolute atomic E-state index is 0.877. The normalized spacial score (nSPS) is 12.3. The van der Waals surface area contributed by atoms with Gasteiger partial charge in [0.1, 0.15) is 0 Å². The molecule has 0 fully saturated rings. The van der Waals surface area contributed by atoms with Crippen molar-refractivity contribution in [2.45, 2.75) is 0 Å². The van der Waals surface area contributed by atoms with E-state index in [1.165, 1.54) is 53.5 Å². The number of rotatable bonds is 5. The van der Waals surface area contributed by atoms with Gasteiger partial charge < -0.3 is 9.13 Å². The minimum atomic E-state index is 0.877. The van der Waals surface area contributed by atoms with Gasteiger partial charge in [0.25, 0.3) is 0 Å². The zero-order chi connectivity index (χ0) is 28.2. The van der Waals surface area contributed by atoms with Crippen molar-refractivity contribution >= 4 is 90.6 Å². The Hall–Kier alpha value is -4.78. The molecule has 0 aliphatic carbocycles. The van der Waals surface area contributed by atoms with Crippen LogP contribution in [0.5, 0.6) is 0 Å². The molecule has 4 nitrogen and oxygen atoms in total. The van der Waals surface area contributed by atoms with Crippen LogP contribution in [0.4, 0.5) is 0 Å². The van der Waals surface area contributed by atoms with E-state index in [1.54, 1.807) is 22.7 Å². The summed E-state index contributed by atoms with van der Waals surface area (Å²) in [5.74, 6) is 0. The lowest BCUT2D eigenvalue weighted by molar-refractivity contribution is 1.01. The fraction of sp³-hybridized carbons (Fsp3) is 0.0556. The molecule has 0 unspecified atom stereocenters. The van der Waals surface area contributed by atoms with Gasteiger partial charge in [0.2, 0.25) is 0 Å². The standard InChI is InChI=1S/C36H26N4S2/c1-39-33-13-9-23(7-11-25-5-3-15-41-25)17-27(33)29-19-31(37-21-35(29)39)32-20-30-28-18-24(8-12-26-6-4-16-42-26)10-14-34(28)40(2)36(30)22-38-32/h3-22H,1-2H3/b11-7+,12-8+. The fourth-order valence-electron chi connectivity index (χ4n) is 5.86. The third-order valence-electron chi connectivity index (χ3n) is 8.06. The molecule has 202 valence electrons. The van der Waals surface area contributed by atoms with E-state index in [2.05, 4.69) is 131 Å². The van der Waals surface area contributed by atoms with Gasteiger partial charge in [0.05, 0.1) is 34.8 Å². The highest BCUT2D eigenvalue weighted by Gasteiger charge is 2.14. The predicted molar refractivity (Wildman–Crippen MR) is 182 cm³/mol. The highest BCUT2D eigenvalue weighted by molar-refractivity contribution is 7.11. The molecule has 8 rings (SSSR count). The van der Waals surface area contributed by atoms with Gasteiger partial charge in [-0.1, -0.05) is 36.4 Å². The van der Waals surface area contributed by atoms with Gasteiger partial charge in [-0.25, -0.2) is 0 Å². The van der Waals surface area contributed by atoms with Crippen molar-refractivity contribution in [3.8, 4) is 11.4 Å². The first-order valence-corrected chi connectivity index (χ1v) is 15.6. The second-order valence-electron chi connectivity index (χ2n) is 10.5. The van der Waals surface area contributed by atoms with Gasteiger partial charge in [-0.15, -0.1) is 22.7 Å². The van der Waals surface area contributed by atoms with Gasteiger partial charge >= 0.3 is 0 Å². The molecule has 2 aromatic carbocycles. The van der Waals surface area contributed by atoms with E-state index in [-0.39, 0.29) is 0 Å².